The molecule has 8 nitrogen and oxygen atoms in total. The normalized spacial score (nSPS) is 13.8. The Balaban J connectivity index is 4.18. The molecule has 0 fully saturated rings. The summed E-state index contributed by atoms with van der Waals surface area (Å²) in [4.78, 5) is 22.4. The molecule has 2 atom stereocenters. The zero-order valence-electron chi connectivity index (χ0n) is 32.4. The summed E-state index contributed by atoms with van der Waals surface area (Å²) in [5.74, 6) is -0.417. The van der Waals surface area contributed by atoms with E-state index >= 15 is 0 Å². The van der Waals surface area contributed by atoms with Crippen LogP contribution in [0, 0.1) is 0 Å². The fraction of sp³-hybridized carbons (Fsp3) is 0.829. The quantitative estimate of drug-likeness (QED) is 0.0211. The van der Waals surface area contributed by atoms with Crippen molar-refractivity contribution >= 4 is 13.8 Å². The number of rotatable bonds is 39. The van der Waals surface area contributed by atoms with Gasteiger partial charge in [0.2, 0.25) is 0 Å². The largest absolute Gasteiger partial charge is 0.498 e. The average Bonchev–Trinajstić information content (AvgIpc) is 3.10. The van der Waals surface area contributed by atoms with Crippen molar-refractivity contribution in [1.29, 1.82) is 0 Å². The summed E-state index contributed by atoms with van der Waals surface area (Å²) < 4.78 is 33.0. The molecule has 0 aliphatic carbocycles. The van der Waals surface area contributed by atoms with Gasteiger partial charge < -0.3 is 20.1 Å². The van der Waals surface area contributed by atoms with Crippen molar-refractivity contribution in [2.24, 2.45) is 5.73 Å². The van der Waals surface area contributed by atoms with Gasteiger partial charge in [-0.05, 0) is 44.6 Å². The molecular weight excluding hydrogens is 649 g/mol. The van der Waals surface area contributed by atoms with E-state index in [9.17, 15) is 14.3 Å². The first-order chi connectivity index (χ1) is 24.4. The molecule has 0 saturated carbocycles. The molecule has 0 bridgehead atoms. The SMILES string of the molecule is CCCCCCCCCCC=CCC=CCCC(=O)OC(COC=CCCCCCCCCCCCCCCCC)COP(=O)(O)OCCN. The lowest BCUT2D eigenvalue weighted by Crippen LogP contribution is -2.27. The Bertz CT molecular complexity index is 864. The van der Waals surface area contributed by atoms with E-state index in [0.29, 0.717) is 6.42 Å². The Morgan fingerprint density at radius 2 is 1.08 bits per heavy atom. The maximum Gasteiger partial charge on any atom is 0.472 e. The van der Waals surface area contributed by atoms with Gasteiger partial charge >= 0.3 is 13.8 Å². The van der Waals surface area contributed by atoms with Crippen molar-refractivity contribution in [3.63, 3.8) is 0 Å². The van der Waals surface area contributed by atoms with Crippen molar-refractivity contribution in [2.45, 2.75) is 193 Å². The second-order valence-corrected chi connectivity index (χ2v) is 15.0. The molecule has 0 saturated heterocycles. The Labute approximate surface area is 308 Å². The molecule has 0 radical (unpaired) electrons. The molecule has 0 aromatic carbocycles. The maximum absolute atomic E-state index is 12.5. The second-order valence-electron chi connectivity index (χ2n) is 13.6. The van der Waals surface area contributed by atoms with Crippen LogP contribution in [0.4, 0.5) is 0 Å². The molecule has 50 heavy (non-hydrogen) atoms. The third kappa shape index (κ3) is 37.8. The van der Waals surface area contributed by atoms with Gasteiger partial charge in [0.1, 0.15) is 6.61 Å². The number of ether oxygens (including phenoxy) is 2. The number of carbonyl (C=O) groups is 1. The fourth-order valence-electron chi connectivity index (χ4n) is 5.60. The Kier molecular flexibility index (Phi) is 37.7. The molecule has 0 aliphatic heterocycles. The van der Waals surface area contributed by atoms with Crippen LogP contribution in [0.3, 0.4) is 0 Å². The highest BCUT2D eigenvalue weighted by atomic mass is 31.2. The highest BCUT2D eigenvalue weighted by Gasteiger charge is 2.25. The lowest BCUT2D eigenvalue weighted by atomic mass is 10.0. The van der Waals surface area contributed by atoms with Gasteiger partial charge in [0.15, 0.2) is 6.10 Å². The van der Waals surface area contributed by atoms with Crippen molar-refractivity contribution in [1.82, 2.24) is 0 Å². The van der Waals surface area contributed by atoms with Crippen molar-refractivity contribution < 1.29 is 32.8 Å². The molecule has 3 N–H and O–H groups in total. The smallest absolute Gasteiger partial charge is 0.472 e. The summed E-state index contributed by atoms with van der Waals surface area (Å²) in [7, 11) is -4.30. The molecule has 0 aromatic heterocycles. The number of unbranched alkanes of at least 4 members (excludes halogenated alkanes) is 22. The van der Waals surface area contributed by atoms with E-state index in [1.807, 2.05) is 12.2 Å². The van der Waals surface area contributed by atoms with E-state index in [-0.39, 0.29) is 32.8 Å². The maximum atomic E-state index is 12.5. The highest BCUT2D eigenvalue weighted by Crippen LogP contribution is 2.43. The van der Waals surface area contributed by atoms with E-state index in [1.54, 1.807) is 6.26 Å². The number of allylic oxidation sites excluding steroid dienone is 5. The molecule has 0 aliphatic rings. The van der Waals surface area contributed by atoms with E-state index in [1.165, 1.54) is 135 Å². The first kappa shape index (κ1) is 48.6. The number of esters is 1. The van der Waals surface area contributed by atoms with E-state index < -0.39 is 19.9 Å². The topological polar surface area (TPSA) is 117 Å². The molecule has 9 heteroatoms. The van der Waals surface area contributed by atoms with E-state index in [4.69, 9.17) is 24.3 Å². The third-order valence-corrected chi connectivity index (χ3v) is 9.62. The van der Waals surface area contributed by atoms with Gasteiger partial charge in [0.05, 0.1) is 19.5 Å². The van der Waals surface area contributed by atoms with Gasteiger partial charge in [-0.2, -0.15) is 0 Å². The lowest BCUT2D eigenvalue weighted by Gasteiger charge is -2.19. The average molecular weight is 728 g/mol. The van der Waals surface area contributed by atoms with Crippen LogP contribution in [0.25, 0.3) is 0 Å². The van der Waals surface area contributed by atoms with Crippen LogP contribution < -0.4 is 5.73 Å². The summed E-state index contributed by atoms with van der Waals surface area (Å²) >= 11 is 0. The molecule has 0 aromatic rings. The minimum atomic E-state index is -4.30. The van der Waals surface area contributed by atoms with E-state index in [2.05, 4.69) is 32.1 Å². The van der Waals surface area contributed by atoms with Gasteiger partial charge in [0, 0.05) is 13.0 Å². The van der Waals surface area contributed by atoms with Crippen molar-refractivity contribution in [2.75, 3.05) is 26.4 Å². The molecular formula is C41H78NO7P. The first-order valence-electron chi connectivity index (χ1n) is 20.5. The van der Waals surface area contributed by atoms with E-state index in [0.717, 1.165) is 25.7 Å². The summed E-state index contributed by atoms with van der Waals surface area (Å²) in [6.45, 7) is 4.18. The molecule has 2 unspecified atom stereocenters. The minimum Gasteiger partial charge on any atom is -0.498 e. The van der Waals surface area contributed by atoms with Crippen molar-refractivity contribution in [3.8, 4) is 0 Å². The van der Waals surface area contributed by atoms with Crippen LogP contribution in [0.1, 0.15) is 187 Å². The number of hydrogen-bond acceptors (Lipinski definition) is 7. The van der Waals surface area contributed by atoms with Gasteiger partial charge in [-0.3, -0.25) is 13.8 Å². The van der Waals surface area contributed by atoms with Crippen LogP contribution in [0.15, 0.2) is 36.6 Å². The predicted molar refractivity (Wildman–Crippen MR) is 210 cm³/mol. The molecule has 294 valence electrons. The molecule has 0 amide bonds. The number of phosphoric acid groups is 1. The summed E-state index contributed by atoms with van der Waals surface area (Å²) in [6, 6.07) is 0. The van der Waals surface area contributed by atoms with Crippen LogP contribution in [-0.4, -0.2) is 43.3 Å². The monoisotopic (exact) mass is 728 g/mol. The zero-order valence-corrected chi connectivity index (χ0v) is 33.3. The van der Waals surface area contributed by atoms with Gasteiger partial charge in [-0.25, -0.2) is 4.57 Å². The van der Waals surface area contributed by atoms with Gasteiger partial charge in [-0.15, -0.1) is 0 Å². The van der Waals surface area contributed by atoms with Gasteiger partial charge in [0.25, 0.3) is 0 Å². The van der Waals surface area contributed by atoms with Crippen LogP contribution in [0.2, 0.25) is 0 Å². The Hall–Kier alpha value is -1.44. The molecule has 0 heterocycles. The Morgan fingerprint density at radius 1 is 0.620 bits per heavy atom. The number of nitrogens with two attached hydrogens (primary N) is 1. The lowest BCUT2D eigenvalue weighted by molar-refractivity contribution is -0.153. The Morgan fingerprint density at radius 3 is 1.58 bits per heavy atom. The van der Waals surface area contributed by atoms with Crippen molar-refractivity contribution in [3.05, 3.63) is 36.6 Å². The second kappa shape index (κ2) is 38.8. The first-order valence-corrected chi connectivity index (χ1v) is 22.0. The highest BCUT2D eigenvalue weighted by molar-refractivity contribution is 7.47. The molecule has 0 spiro atoms. The number of hydrogen-bond donors (Lipinski definition) is 2. The van der Waals surface area contributed by atoms with Crippen LogP contribution in [-0.2, 0) is 27.9 Å². The standard InChI is InChI=1S/C41H78NO7P/c1-3-5-7-9-11-13-15-17-19-21-23-25-27-29-31-33-36-46-38-40(39-48-50(44,45)47-37-35-42)49-41(43)34-32-30-28-26-24-22-20-18-16-14-12-10-8-6-4-2/h22,24,28,30,33,36,40H,3-21,23,25-27,29,31-32,34-35,37-39,42H2,1-2H3,(H,44,45). The van der Waals surface area contributed by atoms with Crippen LogP contribution in [0.5, 0.6) is 0 Å². The van der Waals surface area contributed by atoms with Gasteiger partial charge in [-0.1, -0.05) is 167 Å². The molecule has 0 rings (SSSR count). The minimum absolute atomic E-state index is 0.0113. The predicted octanol–water partition coefficient (Wildman–Crippen LogP) is 12.2. The summed E-state index contributed by atoms with van der Waals surface area (Å²) in [6.07, 6.45) is 44.1. The summed E-state index contributed by atoms with van der Waals surface area (Å²) in [5, 5.41) is 0. The van der Waals surface area contributed by atoms with Crippen LogP contribution >= 0.6 is 7.82 Å². The summed E-state index contributed by atoms with van der Waals surface area (Å²) in [5.41, 5.74) is 5.35. The number of carbonyl (C=O) groups excluding carboxylic acids is 1. The fourth-order valence-corrected chi connectivity index (χ4v) is 6.37. The zero-order chi connectivity index (χ0) is 36.6. The third-order valence-electron chi connectivity index (χ3n) is 8.64. The number of phosphoric ester groups is 1.